The molecule has 12 heteroatoms. The first-order valence-electron chi connectivity index (χ1n) is 11.9. The molecule has 0 aliphatic heterocycles. The SMILES string of the molecule is CC(CC1(O)CCCCC1)n1c(=O)[nH]c2ccc(F)c(O)c2c1=O.CC(NC=O)c1ncc(F)cc1F. The van der Waals surface area contributed by atoms with Crippen molar-refractivity contribution in [2.24, 2.45) is 0 Å². The average molecular weight is 523 g/mol. The molecule has 3 aromatic rings. The number of nitrogens with zero attached hydrogens (tertiary/aromatic N) is 2. The number of carbonyl (C=O) groups is 1. The van der Waals surface area contributed by atoms with E-state index in [1.807, 2.05) is 0 Å². The van der Waals surface area contributed by atoms with Crippen LogP contribution >= 0.6 is 0 Å². The second kappa shape index (κ2) is 11.6. The molecular formula is C25H29F3N4O5. The van der Waals surface area contributed by atoms with Gasteiger partial charge in [-0.2, -0.15) is 0 Å². The highest BCUT2D eigenvalue weighted by Gasteiger charge is 2.32. The summed E-state index contributed by atoms with van der Waals surface area (Å²) in [4.78, 5) is 41.0. The Kier molecular flexibility index (Phi) is 8.74. The highest BCUT2D eigenvalue weighted by atomic mass is 19.1. The number of aromatic amines is 1. The monoisotopic (exact) mass is 522 g/mol. The van der Waals surface area contributed by atoms with Crippen LogP contribution in [0.4, 0.5) is 13.2 Å². The Balaban J connectivity index is 0.000000248. The van der Waals surface area contributed by atoms with E-state index < -0.39 is 52.1 Å². The maximum absolute atomic E-state index is 13.6. The first-order valence-corrected chi connectivity index (χ1v) is 11.9. The van der Waals surface area contributed by atoms with E-state index in [1.54, 1.807) is 13.8 Å². The van der Waals surface area contributed by atoms with Crippen LogP contribution in [0.25, 0.3) is 10.9 Å². The Morgan fingerprint density at radius 1 is 1.16 bits per heavy atom. The van der Waals surface area contributed by atoms with Crippen molar-refractivity contribution in [3.63, 3.8) is 0 Å². The second-order valence-electron chi connectivity index (χ2n) is 9.29. The number of rotatable bonds is 6. The third-order valence-electron chi connectivity index (χ3n) is 6.49. The predicted octanol–water partition coefficient (Wildman–Crippen LogP) is 3.35. The van der Waals surface area contributed by atoms with Crippen LogP contribution in [0.2, 0.25) is 0 Å². The summed E-state index contributed by atoms with van der Waals surface area (Å²) in [5.41, 5.74) is -2.18. The number of pyridine rings is 1. The van der Waals surface area contributed by atoms with Crippen molar-refractivity contribution in [3.05, 3.63) is 68.4 Å². The first kappa shape index (κ1) is 27.9. The summed E-state index contributed by atoms with van der Waals surface area (Å²) in [5, 5.41) is 22.6. The lowest BCUT2D eigenvalue weighted by molar-refractivity contribution is -0.110. The Hall–Kier alpha value is -3.67. The molecule has 0 saturated heterocycles. The second-order valence-corrected chi connectivity index (χ2v) is 9.29. The van der Waals surface area contributed by atoms with Gasteiger partial charge in [0, 0.05) is 12.1 Å². The fourth-order valence-electron chi connectivity index (χ4n) is 4.65. The number of aromatic nitrogens is 3. The van der Waals surface area contributed by atoms with Gasteiger partial charge in [0.25, 0.3) is 5.56 Å². The summed E-state index contributed by atoms with van der Waals surface area (Å²) in [6.45, 7) is 3.23. The zero-order valence-corrected chi connectivity index (χ0v) is 20.4. The Morgan fingerprint density at radius 2 is 1.84 bits per heavy atom. The summed E-state index contributed by atoms with van der Waals surface area (Å²) < 4.78 is 39.9. The van der Waals surface area contributed by atoms with Gasteiger partial charge in [-0.3, -0.25) is 19.1 Å². The molecule has 1 aromatic carbocycles. The van der Waals surface area contributed by atoms with Gasteiger partial charge in [-0.15, -0.1) is 0 Å². The molecule has 1 aliphatic carbocycles. The van der Waals surface area contributed by atoms with Crippen LogP contribution in [0.5, 0.6) is 5.75 Å². The summed E-state index contributed by atoms with van der Waals surface area (Å²) in [7, 11) is 0. The van der Waals surface area contributed by atoms with Gasteiger partial charge in [0.05, 0.1) is 29.1 Å². The highest BCUT2D eigenvalue weighted by Crippen LogP contribution is 2.34. The lowest BCUT2D eigenvalue weighted by Gasteiger charge is -2.34. The molecule has 2 atom stereocenters. The normalized spacial score (nSPS) is 16.4. The summed E-state index contributed by atoms with van der Waals surface area (Å²) in [5.74, 6) is -3.19. The van der Waals surface area contributed by atoms with Crippen molar-refractivity contribution in [1.82, 2.24) is 19.9 Å². The van der Waals surface area contributed by atoms with Crippen molar-refractivity contribution in [1.29, 1.82) is 0 Å². The van der Waals surface area contributed by atoms with E-state index in [4.69, 9.17) is 0 Å². The van der Waals surface area contributed by atoms with Crippen molar-refractivity contribution in [2.45, 2.75) is 70.1 Å². The van der Waals surface area contributed by atoms with Gasteiger partial charge in [0.1, 0.15) is 17.0 Å². The minimum Gasteiger partial charge on any atom is -0.504 e. The van der Waals surface area contributed by atoms with E-state index in [-0.39, 0.29) is 23.0 Å². The van der Waals surface area contributed by atoms with Gasteiger partial charge < -0.3 is 20.5 Å². The van der Waals surface area contributed by atoms with Crippen molar-refractivity contribution in [3.8, 4) is 5.75 Å². The molecule has 2 unspecified atom stereocenters. The zero-order chi connectivity index (χ0) is 27.3. The minimum atomic E-state index is -0.920. The van der Waals surface area contributed by atoms with E-state index in [2.05, 4.69) is 15.3 Å². The quantitative estimate of drug-likeness (QED) is 0.367. The molecule has 200 valence electrons. The Bertz CT molecular complexity index is 1390. The number of hydrogen-bond donors (Lipinski definition) is 4. The fourth-order valence-corrected chi connectivity index (χ4v) is 4.65. The fraction of sp³-hybridized carbons (Fsp3) is 0.440. The number of phenolic OH excluding ortho intramolecular Hbond substituents is 1. The standard InChI is InChI=1S/C17H21FN2O4.C8H8F2N2O/c1-10(9-17(24)7-3-2-4-8-17)20-15(22)13-12(19-16(20)23)6-5-11(18)14(13)21;1-5(12-4-13)8-7(10)2-6(9)3-11-8/h5-6,10,21,24H,2-4,7-9H2,1H3,(H,19,23);2-5H,1H3,(H,12,13). The van der Waals surface area contributed by atoms with Gasteiger partial charge in [-0.25, -0.2) is 18.0 Å². The van der Waals surface area contributed by atoms with E-state index in [0.29, 0.717) is 19.3 Å². The molecule has 2 aromatic heterocycles. The van der Waals surface area contributed by atoms with Crippen LogP contribution in [0.3, 0.4) is 0 Å². The van der Waals surface area contributed by atoms with E-state index in [0.717, 1.165) is 42.2 Å². The van der Waals surface area contributed by atoms with Crippen molar-refractivity contribution in [2.75, 3.05) is 0 Å². The molecule has 1 fully saturated rings. The van der Waals surface area contributed by atoms with Gasteiger partial charge in [0.15, 0.2) is 11.6 Å². The lowest BCUT2D eigenvalue weighted by Crippen LogP contribution is -2.41. The molecule has 37 heavy (non-hydrogen) atoms. The average Bonchev–Trinajstić information content (AvgIpc) is 2.82. The number of halogens is 3. The lowest BCUT2D eigenvalue weighted by atomic mass is 9.80. The number of carbonyl (C=O) groups excluding carboxylic acids is 1. The van der Waals surface area contributed by atoms with Crippen LogP contribution < -0.4 is 16.6 Å². The van der Waals surface area contributed by atoms with E-state index in [1.165, 1.54) is 6.07 Å². The van der Waals surface area contributed by atoms with Crippen LogP contribution in [-0.2, 0) is 4.79 Å². The molecular weight excluding hydrogens is 493 g/mol. The van der Waals surface area contributed by atoms with Crippen LogP contribution in [0.15, 0.2) is 34.0 Å². The predicted molar refractivity (Wildman–Crippen MR) is 130 cm³/mol. The zero-order valence-electron chi connectivity index (χ0n) is 20.4. The third-order valence-corrected chi connectivity index (χ3v) is 6.49. The number of aliphatic hydroxyl groups is 1. The molecule has 2 heterocycles. The molecule has 0 radical (unpaired) electrons. The molecule has 1 saturated carbocycles. The molecule has 9 nitrogen and oxygen atoms in total. The largest absolute Gasteiger partial charge is 0.504 e. The maximum atomic E-state index is 13.6. The number of fused-ring (bicyclic) bond motifs is 1. The molecule has 0 bridgehead atoms. The van der Waals surface area contributed by atoms with Gasteiger partial charge >= 0.3 is 5.69 Å². The van der Waals surface area contributed by atoms with Crippen molar-refractivity contribution < 1.29 is 28.2 Å². The van der Waals surface area contributed by atoms with Crippen LogP contribution in [-0.4, -0.2) is 36.8 Å². The maximum Gasteiger partial charge on any atom is 0.329 e. The van der Waals surface area contributed by atoms with Crippen LogP contribution in [0, 0.1) is 17.5 Å². The number of aromatic hydroxyl groups is 1. The highest BCUT2D eigenvalue weighted by molar-refractivity contribution is 5.83. The molecule has 4 rings (SSSR count). The molecule has 1 amide bonds. The van der Waals surface area contributed by atoms with E-state index in [9.17, 15) is 37.8 Å². The summed E-state index contributed by atoms with van der Waals surface area (Å²) in [6, 6.07) is 1.84. The topological polar surface area (TPSA) is 137 Å². The summed E-state index contributed by atoms with van der Waals surface area (Å²) >= 11 is 0. The first-order chi connectivity index (χ1) is 17.5. The number of nitrogens with one attached hydrogen (secondary N) is 2. The number of benzene rings is 1. The van der Waals surface area contributed by atoms with Gasteiger partial charge in [0.2, 0.25) is 6.41 Å². The van der Waals surface area contributed by atoms with Gasteiger partial charge in [-0.1, -0.05) is 19.3 Å². The smallest absolute Gasteiger partial charge is 0.329 e. The third kappa shape index (κ3) is 6.37. The van der Waals surface area contributed by atoms with Crippen LogP contribution in [0.1, 0.15) is 70.2 Å². The molecule has 0 spiro atoms. The van der Waals surface area contributed by atoms with Crippen molar-refractivity contribution >= 4 is 17.3 Å². The Morgan fingerprint density at radius 3 is 2.46 bits per heavy atom. The molecule has 1 aliphatic rings. The van der Waals surface area contributed by atoms with Gasteiger partial charge in [-0.05, 0) is 45.2 Å². The Labute approximate surface area is 210 Å². The minimum absolute atomic E-state index is 0.0218. The number of hydrogen-bond acceptors (Lipinski definition) is 6. The van der Waals surface area contributed by atoms with E-state index >= 15 is 0 Å². The molecule has 4 N–H and O–H groups in total. The number of phenols is 1. The summed E-state index contributed by atoms with van der Waals surface area (Å²) in [6.07, 6.45) is 5.78. The number of amides is 1. The number of H-pyrrole nitrogens is 1.